The van der Waals surface area contributed by atoms with Crippen LogP contribution >= 0.6 is 20.1 Å². The van der Waals surface area contributed by atoms with E-state index in [9.17, 15) is 9.36 Å². The van der Waals surface area contributed by atoms with Gasteiger partial charge in [0.1, 0.15) is 16.3 Å². The largest absolute Gasteiger partial charge is 0.462 e. The molecule has 0 spiro atoms. The van der Waals surface area contributed by atoms with Crippen LogP contribution in [0.1, 0.15) is 34.6 Å². The summed E-state index contributed by atoms with van der Waals surface area (Å²) in [6.07, 6.45) is -0.253. The van der Waals surface area contributed by atoms with Crippen molar-refractivity contribution in [2.75, 3.05) is 0 Å². The van der Waals surface area contributed by atoms with Crippen LogP contribution in [0.25, 0.3) is 0 Å². The summed E-state index contributed by atoms with van der Waals surface area (Å²) in [7, 11) is -3.42. The van der Waals surface area contributed by atoms with Gasteiger partial charge in [-0.1, -0.05) is 18.2 Å². The lowest BCUT2D eigenvalue weighted by molar-refractivity contribution is -0.153. The number of esters is 1. The summed E-state index contributed by atoms with van der Waals surface area (Å²) in [5.74, 6) is -0.0411. The van der Waals surface area contributed by atoms with Crippen molar-refractivity contribution in [2.45, 2.75) is 51.3 Å². The number of hydrogen-bond donors (Lipinski definition) is 2. The molecule has 0 heterocycles. The van der Waals surface area contributed by atoms with Crippen molar-refractivity contribution < 1.29 is 18.6 Å². The van der Waals surface area contributed by atoms with Gasteiger partial charge in [0, 0.05) is 0 Å². The molecule has 5 nitrogen and oxygen atoms in total. The molecule has 0 radical (unpaired) electrons. The highest BCUT2D eigenvalue weighted by atomic mass is 32.1. The third kappa shape index (κ3) is 5.34. The molecule has 1 aromatic carbocycles. The molecule has 1 N–H and O–H groups in total. The summed E-state index contributed by atoms with van der Waals surface area (Å²) >= 11 is 4.26. The third-order valence-corrected chi connectivity index (χ3v) is 6.01. The highest BCUT2D eigenvalue weighted by molar-refractivity contribution is 7.90. The van der Waals surface area contributed by atoms with Gasteiger partial charge in [-0.2, -0.15) is 12.6 Å². The van der Waals surface area contributed by atoms with E-state index in [0.717, 1.165) is 0 Å². The molecular weight excluding hydrogens is 321 g/mol. The molecule has 22 heavy (non-hydrogen) atoms. The van der Waals surface area contributed by atoms with Crippen LogP contribution in [0.4, 0.5) is 0 Å². The van der Waals surface area contributed by atoms with Crippen molar-refractivity contribution in [3.63, 3.8) is 0 Å². The first-order valence-corrected chi connectivity index (χ1v) is 9.31. The van der Waals surface area contributed by atoms with Crippen molar-refractivity contribution >= 4 is 26.1 Å². The molecule has 2 atom stereocenters. The number of para-hydroxylation sites is 1. The topological polar surface area (TPSA) is 64.6 Å². The smallest absolute Gasteiger partial charge is 0.329 e. The van der Waals surface area contributed by atoms with E-state index >= 15 is 0 Å². The zero-order chi connectivity index (χ0) is 17.0. The van der Waals surface area contributed by atoms with E-state index in [1.54, 1.807) is 58.9 Å². The molecule has 0 bridgehead atoms. The van der Waals surface area contributed by atoms with E-state index in [2.05, 4.69) is 17.7 Å². The van der Waals surface area contributed by atoms with Crippen molar-refractivity contribution in [2.24, 2.45) is 0 Å². The molecule has 0 saturated heterocycles. The standard InChI is InChI=1S/C15H24NO4PS/c1-11(2)19-14(17)15(4,5)16-21(18,12(3)22)20-13-9-7-6-8-10-13/h6-12,22H,1-5H3,(H,16,18). The van der Waals surface area contributed by atoms with Gasteiger partial charge in [0.05, 0.1) is 6.10 Å². The Labute approximate surface area is 137 Å². The van der Waals surface area contributed by atoms with Gasteiger partial charge >= 0.3 is 13.5 Å². The van der Waals surface area contributed by atoms with E-state index in [4.69, 9.17) is 9.26 Å². The van der Waals surface area contributed by atoms with Crippen molar-refractivity contribution in [3.05, 3.63) is 30.3 Å². The molecule has 0 aliphatic heterocycles. The van der Waals surface area contributed by atoms with Gasteiger partial charge in [-0.15, -0.1) is 0 Å². The minimum absolute atomic E-state index is 0.253. The van der Waals surface area contributed by atoms with Crippen molar-refractivity contribution in [3.8, 4) is 5.75 Å². The predicted octanol–water partition coefficient (Wildman–Crippen LogP) is 3.85. The number of carbonyl (C=O) groups excluding carboxylic acids is 1. The average molecular weight is 345 g/mol. The molecule has 7 heteroatoms. The van der Waals surface area contributed by atoms with Gasteiger partial charge in [-0.3, -0.25) is 9.36 Å². The van der Waals surface area contributed by atoms with Gasteiger partial charge in [0.15, 0.2) is 0 Å². The average Bonchev–Trinajstić information content (AvgIpc) is 2.38. The first-order chi connectivity index (χ1) is 10.1. The van der Waals surface area contributed by atoms with Crippen LogP contribution in [-0.2, 0) is 14.1 Å². The molecule has 0 fully saturated rings. The maximum absolute atomic E-state index is 13.1. The Morgan fingerprint density at radius 3 is 2.23 bits per heavy atom. The number of carbonyl (C=O) groups is 1. The minimum Gasteiger partial charge on any atom is -0.462 e. The second-order valence-electron chi connectivity index (χ2n) is 5.82. The SMILES string of the molecule is CC(C)OC(=O)C(C)(C)NP(=O)(Oc1ccccc1)C(C)S. The summed E-state index contributed by atoms with van der Waals surface area (Å²) in [4.78, 5) is 11.5. The molecule has 0 aliphatic carbocycles. The van der Waals surface area contributed by atoms with E-state index < -0.39 is 24.0 Å². The second kappa shape index (κ2) is 7.53. The summed E-state index contributed by atoms with van der Waals surface area (Å²) in [6, 6.07) is 8.79. The van der Waals surface area contributed by atoms with Crippen molar-refractivity contribution in [1.29, 1.82) is 0 Å². The van der Waals surface area contributed by atoms with Gasteiger partial charge in [0.25, 0.3) is 0 Å². The van der Waals surface area contributed by atoms with Crippen LogP contribution < -0.4 is 9.61 Å². The van der Waals surface area contributed by atoms with E-state index in [0.29, 0.717) is 5.75 Å². The lowest BCUT2D eigenvalue weighted by Gasteiger charge is -2.32. The summed E-state index contributed by atoms with van der Waals surface area (Å²) in [6.45, 7) is 8.39. The zero-order valence-electron chi connectivity index (χ0n) is 13.6. The van der Waals surface area contributed by atoms with Crippen LogP contribution in [0.3, 0.4) is 0 Å². The molecular formula is C15H24NO4PS. The zero-order valence-corrected chi connectivity index (χ0v) is 15.4. The van der Waals surface area contributed by atoms with Gasteiger partial charge in [0.2, 0.25) is 0 Å². The lowest BCUT2D eigenvalue weighted by atomic mass is 10.1. The Balaban J connectivity index is 2.96. The fourth-order valence-electron chi connectivity index (χ4n) is 1.63. The van der Waals surface area contributed by atoms with E-state index in [1.165, 1.54) is 0 Å². The van der Waals surface area contributed by atoms with Gasteiger partial charge in [-0.25, -0.2) is 5.09 Å². The summed E-state index contributed by atoms with van der Waals surface area (Å²) in [5, 5.41) is 2.81. The highest BCUT2D eigenvalue weighted by Gasteiger charge is 2.41. The normalized spacial score (nSPS) is 16.0. The Morgan fingerprint density at radius 2 is 1.77 bits per heavy atom. The van der Waals surface area contributed by atoms with Crippen LogP contribution in [0, 0.1) is 0 Å². The van der Waals surface area contributed by atoms with Gasteiger partial charge in [-0.05, 0) is 46.8 Å². The first-order valence-electron chi connectivity index (χ1n) is 7.10. The number of thiol groups is 1. The molecule has 0 saturated carbocycles. The fourth-order valence-corrected chi connectivity index (χ4v) is 3.63. The number of benzene rings is 1. The minimum atomic E-state index is -3.42. The molecule has 0 aromatic heterocycles. The van der Waals surface area contributed by atoms with E-state index in [1.807, 2.05) is 6.07 Å². The predicted molar refractivity (Wildman–Crippen MR) is 91.6 cm³/mol. The Kier molecular flexibility index (Phi) is 6.53. The molecule has 0 amide bonds. The Bertz CT molecular complexity index is 546. The van der Waals surface area contributed by atoms with Crippen LogP contribution in [0.5, 0.6) is 5.75 Å². The maximum Gasteiger partial charge on any atom is 0.329 e. The van der Waals surface area contributed by atoms with Crippen LogP contribution in [0.15, 0.2) is 30.3 Å². The highest BCUT2D eigenvalue weighted by Crippen LogP contribution is 2.51. The Morgan fingerprint density at radius 1 is 1.23 bits per heavy atom. The quantitative estimate of drug-likeness (QED) is 0.446. The fraction of sp³-hybridized carbons (Fsp3) is 0.533. The molecule has 2 unspecified atom stereocenters. The van der Waals surface area contributed by atoms with Crippen LogP contribution in [-0.4, -0.2) is 22.6 Å². The number of nitrogens with one attached hydrogen (secondary N) is 1. The summed E-state index contributed by atoms with van der Waals surface area (Å²) < 4.78 is 23.9. The molecule has 124 valence electrons. The third-order valence-electron chi connectivity index (χ3n) is 2.76. The lowest BCUT2D eigenvalue weighted by Crippen LogP contribution is -2.48. The molecule has 1 rings (SSSR count). The van der Waals surface area contributed by atoms with Crippen molar-refractivity contribution in [1.82, 2.24) is 5.09 Å². The molecule has 1 aromatic rings. The number of ether oxygens (including phenoxy) is 1. The summed E-state index contributed by atoms with van der Waals surface area (Å²) in [5.41, 5.74) is -1.16. The first kappa shape index (κ1) is 19.1. The monoisotopic (exact) mass is 345 g/mol. The number of hydrogen-bond acceptors (Lipinski definition) is 5. The van der Waals surface area contributed by atoms with E-state index in [-0.39, 0.29) is 6.10 Å². The Hall–Kier alpha value is -0.970. The number of rotatable bonds is 7. The maximum atomic E-state index is 13.1. The van der Waals surface area contributed by atoms with Gasteiger partial charge < -0.3 is 9.26 Å². The second-order valence-corrected chi connectivity index (χ2v) is 9.38. The molecule has 0 aliphatic rings. The van der Waals surface area contributed by atoms with Crippen LogP contribution in [0.2, 0.25) is 0 Å².